The van der Waals surface area contributed by atoms with Crippen LogP contribution in [0.1, 0.15) is 33.4 Å². The number of likely N-dealkylation sites (N-methyl/N-ethyl adjacent to an activating group) is 1. The molecule has 10 nitrogen and oxygen atoms in total. The van der Waals surface area contributed by atoms with Crippen molar-refractivity contribution < 1.29 is 24.0 Å². The van der Waals surface area contributed by atoms with Gasteiger partial charge in [0.2, 0.25) is 5.91 Å². The van der Waals surface area contributed by atoms with Crippen molar-refractivity contribution in [1.29, 1.82) is 0 Å². The highest BCUT2D eigenvalue weighted by atomic mass is 32.2. The van der Waals surface area contributed by atoms with Crippen LogP contribution in [0.2, 0.25) is 0 Å². The van der Waals surface area contributed by atoms with Gasteiger partial charge in [0.1, 0.15) is 0 Å². The smallest absolute Gasteiger partial charge is 0.269 e. The van der Waals surface area contributed by atoms with Gasteiger partial charge in [0.15, 0.2) is 11.5 Å². The van der Waals surface area contributed by atoms with E-state index in [0.29, 0.717) is 48.8 Å². The highest BCUT2D eigenvalue weighted by Crippen LogP contribution is 2.46. The number of hydrogen-bond donors (Lipinski definition) is 0. The predicted molar refractivity (Wildman–Crippen MR) is 157 cm³/mol. The summed E-state index contributed by atoms with van der Waals surface area (Å²) in [7, 11) is 4.79. The van der Waals surface area contributed by atoms with Gasteiger partial charge in [-0.05, 0) is 53.8 Å². The van der Waals surface area contributed by atoms with Crippen molar-refractivity contribution >= 4 is 35.0 Å². The van der Waals surface area contributed by atoms with Crippen molar-refractivity contribution in [2.75, 3.05) is 58.6 Å². The van der Waals surface area contributed by atoms with Crippen LogP contribution in [0.3, 0.4) is 0 Å². The molecule has 1 saturated heterocycles. The first-order chi connectivity index (χ1) is 19.8. The molecule has 1 fully saturated rings. The SMILES string of the molecule is COc1cc2c(cc1OC)[C@@H](C(=O)N1CCN(c3ccc([N+](=O)[O-])cc3)CC1)[C@@H](c1ccc(SC)cc1)N(C)C2=O. The number of rotatable bonds is 7. The van der Waals surface area contributed by atoms with E-state index < -0.39 is 16.9 Å². The number of carbonyl (C=O) groups is 2. The van der Waals surface area contributed by atoms with E-state index in [1.165, 1.54) is 26.4 Å². The summed E-state index contributed by atoms with van der Waals surface area (Å²) in [6, 6.07) is 17.4. The first-order valence-corrected chi connectivity index (χ1v) is 14.4. The molecule has 0 aliphatic carbocycles. The first kappa shape index (κ1) is 28.3. The summed E-state index contributed by atoms with van der Waals surface area (Å²) < 4.78 is 11.0. The predicted octanol–water partition coefficient (Wildman–Crippen LogP) is 4.59. The number of non-ortho nitro benzene ring substituents is 1. The molecule has 0 radical (unpaired) electrons. The number of anilines is 1. The zero-order valence-electron chi connectivity index (χ0n) is 23.4. The van der Waals surface area contributed by atoms with Gasteiger partial charge in [-0.3, -0.25) is 19.7 Å². The van der Waals surface area contributed by atoms with E-state index in [1.807, 2.05) is 35.4 Å². The normalized spacial score (nSPS) is 18.6. The number of hydrogen-bond acceptors (Lipinski definition) is 8. The van der Waals surface area contributed by atoms with Gasteiger partial charge in [-0.25, -0.2) is 0 Å². The summed E-state index contributed by atoms with van der Waals surface area (Å²) in [4.78, 5) is 45.4. The lowest BCUT2D eigenvalue weighted by Gasteiger charge is -2.43. The van der Waals surface area contributed by atoms with Crippen LogP contribution in [0.15, 0.2) is 65.6 Å². The molecule has 0 spiro atoms. The van der Waals surface area contributed by atoms with Crippen molar-refractivity contribution in [2.24, 2.45) is 0 Å². The number of ether oxygens (including phenoxy) is 2. The van der Waals surface area contributed by atoms with Crippen LogP contribution in [0.25, 0.3) is 0 Å². The summed E-state index contributed by atoms with van der Waals surface area (Å²) in [5.41, 5.74) is 2.83. The molecular formula is C30H32N4O6S. The molecule has 41 heavy (non-hydrogen) atoms. The van der Waals surface area contributed by atoms with Crippen molar-refractivity contribution in [3.05, 3.63) is 87.5 Å². The highest BCUT2D eigenvalue weighted by Gasteiger charge is 2.45. The molecule has 0 N–H and O–H groups in total. The summed E-state index contributed by atoms with van der Waals surface area (Å²) >= 11 is 1.63. The summed E-state index contributed by atoms with van der Waals surface area (Å²) in [6.45, 7) is 2.11. The minimum absolute atomic E-state index is 0.0425. The maximum absolute atomic E-state index is 14.4. The van der Waals surface area contributed by atoms with E-state index in [2.05, 4.69) is 4.90 Å². The van der Waals surface area contributed by atoms with E-state index in [9.17, 15) is 19.7 Å². The molecule has 2 heterocycles. The third-order valence-electron chi connectivity index (χ3n) is 7.91. The average molecular weight is 577 g/mol. The molecule has 2 aliphatic rings. The molecule has 0 aromatic heterocycles. The maximum atomic E-state index is 14.4. The molecule has 5 rings (SSSR count). The molecule has 0 bridgehead atoms. The van der Waals surface area contributed by atoms with Crippen LogP contribution in [0, 0.1) is 10.1 Å². The largest absolute Gasteiger partial charge is 0.493 e. The topological polar surface area (TPSA) is 105 Å². The lowest BCUT2D eigenvalue weighted by atomic mass is 9.78. The third kappa shape index (κ3) is 5.29. The second-order valence-electron chi connectivity index (χ2n) is 9.99. The molecular weight excluding hydrogens is 544 g/mol. The second-order valence-corrected chi connectivity index (χ2v) is 10.9. The maximum Gasteiger partial charge on any atom is 0.269 e. The van der Waals surface area contributed by atoms with Crippen LogP contribution >= 0.6 is 11.8 Å². The van der Waals surface area contributed by atoms with Gasteiger partial charge >= 0.3 is 0 Å². The molecule has 0 saturated carbocycles. The lowest BCUT2D eigenvalue weighted by molar-refractivity contribution is -0.384. The highest BCUT2D eigenvalue weighted by molar-refractivity contribution is 7.98. The van der Waals surface area contributed by atoms with Crippen LogP contribution < -0.4 is 14.4 Å². The van der Waals surface area contributed by atoms with Crippen molar-refractivity contribution in [2.45, 2.75) is 16.9 Å². The molecule has 2 amide bonds. The summed E-state index contributed by atoms with van der Waals surface area (Å²) in [5, 5.41) is 11.0. The van der Waals surface area contributed by atoms with E-state index in [-0.39, 0.29) is 17.5 Å². The number of amides is 2. The van der Waals surface area contributed by atoms with Gasteiger partial charge in [0, 0.05) is 61.5 Å². The van der Waals surface area contributed by atoms with Crippen LogP contribution in [0.4, 0.5) is 11.4 Å². The first-order valence-electron chi connectivity index (χ1n) is 13.2. The number of thioether (sulfide) groups is 1. The number of carbonyl (C=O) groups excluding carboxylic acids is 2. The van der Waals surface area contributed by atoms with Gasteiger partial charge in [-0.2, -0.15) is 0 Å². The van der Waals surface area contributed by atoms with Gasteiger partial charge in [0.25, 0.3) is 11.6 Å². The summed E-state index contributed by atoms with van der Waals surface area (Å²) in [5.74, 6) is -0.0230. The van der Waals surface area contributed by atoms with Gasteiger partial charge in [-0.15, -0.1) is 11.8 Å². The molecule has 3 aromatic carbocycles. The number of fused-ring (bicyclic) bond motifs is 1. The number of nitro groups is 1. The number of methoxy groups -OCH3 is 2. The molecule has 11 heteroatoms. The number of nitrogens with zero attached hydrogens (tertiary/aromatic N) is 4. The number of nitro benzene ring substituents is 1. The standard InChI is InChI=1S/C30H32N4O6S/c1-31-28(19-5-11-22(41-4)12-6-19)27(23-17-25(39-2)26(40-3)18-24(23)29(31)35)30(36)33-15-13-32(14-16-33)20-7-9-21(10-8-20)34(37)38/h5-12,17-18,27-28H,13-16H2,1-4H3/t27-,28-/m1/s1. The Bertz CT molecular complexity index is 1460. The monoisotopic (exact) mass is 576 g/mol. The Morgan fingerprint density at radius 3 is 2.12 bits per heavy atom. The Balaban J connectivity index is 1.49. The van der Waals surface area contributed by atoms with Crippen molar-refractivity contribution in [1.82, 2.24) is 9.80 Å². The Morgan fingerprint density at radius 2 is 1.56 bits per heavy atom. The van der Waals surface area contributed by atoms with Crippen LogP contribution in [-0.4, -0.2) is 80.2 Å². The van der Waals surface area contributed by atoms with Gasteiger partial charge in [0.05, 0.1) is 31.1 Å². The fraction of sp³-hybridized carbons (Fsp3) is 0.333. The molecule has 0 unspecified atom stereocenters. The molecule has 2 atom stereocenters. The van der Waals surface area contributed by atoms with Crippen molar-refractivity contribution in [3.63, 3.8) is 0 Å². The molecule has 2 aliphatic heterocycles. The fourth-order valence-corrected chi connectivity index (χ4v) is 6.11. The molecule has 214 valence electrons. The number of piperazine rings is 1. The summed E-state index contributed by atoms with van der Waals surface area (Å²) in [6.07, 6.45) is 2.00. The Kier molecular flexibility index (Phi) is 8.07. The van der Waals surface area contributed by atoms with Crippen LogP contribution in [0.5, 0.6) is 11.5 Å². The van der Waals surface area contributed by atoms with Gasteiger partial charge < -0.3 is 24.2 Å². The van der Waals surface area contributed by atoms with E-state index in [1.54, 1.807) is 48.0 Å². The average Bonchev–Trinajstić information content (AvgIpc) is 3.01. The fourth-order valence-electron chi connectivity index (χ4n) is 5.70. The van der Waals surface area contributed by atoms with Crippen LogP contribution in [-0.2, 0) is 4.79 Å². The third-order valence-corrected chi connectivity index (χ3v) is 8.66. The Hall–Kier alpha value is -4.25. The van der Waals surface area contributed by atoms with Crippen molar-refractivity contribution in [3.8, 4) is 11.5 Å². The number of benzene rings is 3. The van der Waals surface area contributed by atoms with E-state index in [0.717, 1.165) is 16.1 Å². The molecule has 3 aromatic rings. The zero-order chi connectivity index (χ0) is 29.3. The Morgan fingerprint density at radius 1 is 0.951 bits per heavy atom. The quantitative estimate of drug-likeness (QED) is 0.228. The minimum atomic E-state index is -0.654. The van der Waals surface area contributed by atoms with E-state index in [4.69, 9.17) is 9.47 Å². The second kappa shape index (κ2) is 11.7. The zero-order valence-corrected chi connectivity index (χ0v) is 24.2. The van der Waals surface area contributed by atoms with E-state index >= 15 is 0 Å². The Labute approximate surface area is 243 Å². The van der Waals surface area contributed by atoms with Gasteiger partial charge in [-0.1, -0.05) is 12.1 Å². The minimum Gasteiger partial charge on any atom is -0.493 e. The lowest BCUT2D eigenvalue weighted by Crippen LogP contribution is -2.53.